The van der Waals surface area contributed by atoms with Crippen LogP contribution < -0.4 is 5.32 Å². The summed E-state index contributed by atoms with van der Waals surface area (Å²) in [7, 11) is 0. The molecule has 21 heavy (non-hydrogen) atoms. The van der Waals surface area contributed by atoms with Gasteiger partial charge in [-0.25, -0.2) is 4.79 Å². The summed E-state index contributed by atoms with van der Waals surface area (Å²) in [6.07, 6.45) is 4.86. The number of ether oxygens (including phenoxy) is 1. The number of aliphatic carboxylic acids is 1. The number of rotatable bonds is 6. The second-order valence-corrected chi connectivity index (χ2v) is 7.05. The van der Waals surface area contributed by atoms with Crippen molar-refractivity contribution in [3.05, 3.63) is 0 Å². The molecule has 0 spiro atoms. The van der Waals surface area contributed by atoms with E-state index in [0.717, 1.165) is 32.1 Å². The molecular weight excluding hydrogens is 270 g/mol. The van der Waals surface area contributed by atoms with E-state index in [0.29, 0.717) is 6.42 Å². The molecule has 0 radical (unpaired) electrons. The topological polar surface area (TPSA) is 75.6 Å². The number of hydrogen-bond acceptors (Lipinski definition) is 3. The van der Waals surface area contributed by atoms with Gasteiger partial charge < -0.3 is 15.2 Å². The molecule has 1 atom stereocenters. The number of alkyl carbamates (subject to hydrolysis) is 1. The van der Waals surface area contributed by atoms with E-state index in [2.05, 4.69) is 5.32 Å². The van der Waals surface area contributed by atoms with Crippen LogP contribution in [-0.4, -0.2) is 29.3 Å². The van der Waals surface area contributed by atoms with Gasteiger partial charge in [0.15, 0.2) is 0 Å². The van der Waals surface area contributed by atoms with Gasteiger partial charge in [-0.1, -0.05) is 26.2 Å². The summed E-state index contributed by atoms with van der Waals surface area (Å²) >= 11 is 0. The number of nitrogens with one attached hydrogen (secondary N) is 1. The Bertz CT molecular complexity index is 369. The zero-order valence-corrected chi connectivity index (χ0v) is 13.7. The number of carbonyl (C=O) groups is 2. The van der Waals surface area contributed by atoms with E-state index in [1.807, 2.05) is 6.92 Å². The van der Waals surface area contributed by atoms with Gasteiger partial charge in [-0.3, -0.25) is 4.79 Å². The quantitative estimate of drug-likeness (QED) is 0.786. The van der Waals surface area contributed by atoms with Gasteiger partial charge in [0.2, 0.25) is 0 Å². The van der Waals surface area contributed by atoms with Gasteiger partial charge >= 0.3 is 12.1 Å². The molecule has 1 aliphatic rings. The Hall–Kier alpha value is -1.26. The highest BCUT2D eigenvalue weighted by molar-refractivity contribution is 5.77. The van der Waals surface area contributed by atoms with E-state index in [9.17, 15) is 14.7 Å². The van der Waals surface area contributed by atoms with Gasteiger partial charge in [-0.15, -0.1) is 0 Å². The third-order valence-electron chi connectivity index (χ3n) is 4.21. The van der Waals surface area contributed by atoms with Crippen molar-refractivity contribution in [3.8, 4) is 0 Å². The maximum atomic E-state index is 11.9. The van der Waals surface area contributed by atoms with Crippen molar-refractivity contribution in [2.45, 2.75) is 71.8 Å². The van der Waals surface area contributed by atoms with Crippen molar-refractivity contribution in [1.82, 2.24) is 5.32 Å². The standard InChI is InChI=1S/C16H29NO4/c1-5-10-16(13(18)19,12-8-6-7-9-12)11-17-14(20)21-15(2,3)4/h12H,5-11H2,1-4H3,(H,17,20)(H,18,19). The molecule has 0 aliphatic heterocycles. The van der Waals surface area contributed by atoms with E-state index in [4.69, 9.17) is 4.74 Å². The molecule has 1 aliphatic carbocycles. The summed E-state index contributed by atoms with van der Waals surface area (Å²) in [6.45, 7) is 7.51. The van der Waals surface area contributed by atoms with Gasteiger partial charge in [-0.2, -0.15) is 0 Å². The number of hydrogen-bond donors (Lipinski definition) is 2. The van der Waals surface area contributed by atoms with E-state index in [1.54, 1.807) is 20.8 Å². The maximum absolute atomic E-state index is 11.9. The molecule has 0 aromatic carbocycles. The van der Waals surface area contributed by atoms with Crippen LogP contribution in [0.15, 0.2) is 0 Å². The second kappa shape index (κ2) is 7.14. The van der Waals surface area contributed by atoms with E-state index < -0.39 is 23.1 Å². The molecule has 1 unspecified atom stereocenters. The molecule has 1 amide bonds. The lowest BCUT2D eigenvalue weighted by Gasteiger charge is -2.35. The zero-order chi connectivity index (χ0) is 16.1. The molecular formula is C16H29NO4. The summed E-state index contributed by atoms with van der Waals surface area (Å²) in [5.74, 6) is -0.655. The molecule has 0 heterocycles. The van der Waals surface area contributed by atoms with Crippen LogP contribution in [0.25, 0.3) is 0 Å². The fraction of sp³-hybridized carbons (Fsp3) is 0.875. The lowest BCUT2D eigenvalue weighted by Crippen LogP contribution is -2.48. The molecule has 5 heteroatoms. The highest BCUT2D eigenvalue weighted by atomic mass is 16.6. The Kier molecular flexibility index (Phi) is 6.05. The second-order valence-electron chi connectivity index (χ2n) is 7.05. The van der Waals surface area contributed by atoms with Crippen molar-refractivity contribution in [1.29, 1.82) is 0 Å². The lowest BCUT2D eigenvalue weighted by molar-refractivity contribution is -0.153. The minimum absolute atomic E-state index is 0.143. The predicted molar refractivity (Wildman–Crippen MR) is 81.2 cm³/mol. The van der Waals surface area contributed by atoms with Crippen LogP contribution in [0, 0.1) is 11.3 Å². The summed E-state index contributed by atoms with van der Waals surface area (Å²) < 4.78 is 5.21. The first-order valence-electron chi connectivity index (χ1n) is 7.91. The average Bonchev–Trinajstić information content (AvgIpc) is 2.86. The Labute approximate surface area is 127 Å². The van der Waals surface area contributed by atoms with Crippen LogP contribution in [0.3, 0.4) is 0 Å². The SMILES string of the molecule is CCCC(CNC(=O)OC(C)(C)C)(C(=O)O)C1CCCC1. The number of carboxylic acid groups (broad SMARTS) is 1. The molecule has 0 bridgehead atoms. The first-order valence-corrected chi connectivity index (χ1v) is 7.91. The zero-order valence-electron chi connectivity index (χ0n) is 13.7. The fourth-order valence-corrected chi connectivity index (χ4v) is 3.26. The normalized spacial score (nSPS) is 19.0. The minimum Gasteiger partial charge on any atom is -0.481 e. The van der Waals surface area contributed by atoms with Crippen molar-refractivity contribution in [2.24, 2.45) is 11.3 Å². The first-order chi connectivity index (χ1) is 9.71. The molecule has 122 valence electrons. The number of carbonyl (C=O) groups excluding carboxylic acids is 1. The Balaban J connectivity index is 2.77. The predicted octanol–water partition coefficient (Wildman–Crippen LogP) is 3.57. The van der Waals surface area contributed by atoms with Gasteiger partial charge in [-0.05, 0) is 46.0 Å². The van der Waals surface area contributed by atoms with Gasteiger partial charge in [0.1, 0.15) is 5.60 Å². The van der Waals surface area contributed by atoms with Crippen LogP contribution >= 0.6 is 0 Å². The van der Waals surface area contributed by atoms with Crippen molar-refractivity contribution < 1.29 is 19.4 Å². The molecule has 1 rings (SSSR count). The monoisotopic (exact) mass is 299 g/mol. The molecule has 0 aromatic heterocycles. The molecule has 0 saturated heterocycles. The molecule has 5 nitrogen and oxygen atoms in total. The molecule has 2 N–H and O–H groups in total. The largest absolute Gasteiger partial charge is 0.481 e. The Morgan fingerprint density at radius 1 is 1.24 bits per heavy atom. The van der Waals surface area contributed by atoms with E-state index >= 15 is 0 Å². The van der Waals surface area contributed by atoms with Crippen LogP contribution in [0.5, 0.6) is 0 Å². The lowest BCUT2D eigenvalue weighted by atomic mass is 9.71. The summed E-state index contributed by atoms with van der Waals surface area (Å²) in [4.78, 5) is 23.7. The Morgan fingerprint density at radius 3 is 2.24 bits per heavy atom. The van der Waals surface area contributed by atoms with Gasteiger partial charge in [0, 0.05) is 6.54 Å². The van der Waals surface area contributed by atoms with Crippen LogP contribution in [-0.2, 0) is 9.53 Å². The highest BCUT2D eigenvalue weighted by Crippen LogP contribution is 2.43. The average molecular weight is 299 g/mol. The molecule has 0 aromatic rings. The third kappa shape index (κ3) is 4.90. The number of amides is 1. The van der Waals surface area contributed by atoms with Crippen LogP contribution in [0.1, 0.15) is 66.2 Å². The molecule has 1 fully saturated rings. The third-order valence-corrected chi connectivity index (χ3v) is 4.21. The van der Waals surface area contributed by atoms with Crippen molar-refractivity contribution in [2.75, 3.05) is 6.54 Å². The maximum Gasteiger partial charge on any atom is 0.407 e. The summed E-state index contributed by atoms with van der Waals surface area (Å²) in [5, 5.41) is 12.4. The van der Waals surface area contributed by atoms with Gasteiger partial charge in [0.05, 0.1) is 5.41 Å². The van der Waals surface area contributed by atoms with Crippen molar-refractivity contribution in [3.63, 3.8) is 0 Å². The smallest absolute Gasteiger partial charge is 0.407 e. The molecule has 1 saturated carbocycles. The highest BCUT2D eigenvalue weighted by Gasteiger charge is 2.46. The number of carboxylic acids is 1. The van der Waals surface area contributed by atoms with E-state index in [1.165, 1.54) is 0 Å². The van der Waals surface area contributed by atoms with Crippen LogP contribution in [0.4, 0.5) is 4.79 Å². The minimum atomic E-state index is -0.859. The Morgan fingerprint density at radius 2 is 1.81 bits per heavy atom. The van der Waals surface area contributed by atoms with E-state index in [-0.39, 0.29) is 12.5 Å². The summed E-state index contributed by atoms with van der Waals surface area (Å²) in [5.41, 5.74) is -1.43. The van der Waals surface area contributed by atoms with Gasteiger partial charge in [0.25, 0.3) is 0 Å². The first kappa shape index (κ1) is 17.8. The fourth-order valence-electron chi connectivity index (χ4n) is 3.26. The summed E-state index contributed by atoms with van der Waals surface area (Å²) in [6, 6.07) is 0. The van der Waals surface area contributed by atoms with Crippen LogP contribution in [0.2, 0.25) is 0 Å². The van der Waals surface area contributed by atoms with Crippen molar-refractivity contribution >= 4 is 12.1 Å².